The van der Waals surface area contributed by atoms with E-state index in [0.717, 1.165) is 10.7 Å². The summed E-state index contributed by atoms with van der Waals surface area (Å²) in [6.07, 6.45) is 0. The molecule has 2 aromatic carbocycles. The van der Waals surface area contributed by atoms with Crippen molar-refractivity contribution in [1.82, 2.24) is 9.78 Å². The maximum atomic E-state index is 11.7. The normalized spacial score (nSPS) is 10.5. The molecule has 1 heterocycles. The minimum atomic E-state index is -4.93. The van der Waals surface area contributed by atoms with Crippen LogP contribution in [0.1, 0.15) is 16.8 Å². The second kappa shape index (κ2) is 15.6. The van der Waals surface area contributed by atoms with Gasteiger partial charge in [-0.3, -0.25) is 5.04 Å². The molecule has 0 spiro atoms. The average Bonchev–Trinajstić information content (AvgIpc) is 3.08. The molecule has 171 valence electrons. The van der Waals surface area contributed by atoms with Crippen LogP contribution >= 0.6 is 12.0 Å². The van der Waals surface area contributed by atoms with Crippen molar-refractivity contribution in [2.24, 2.45) is 10.2 Å². The maximum Gasteiger partial charge on any atom is 1.00 e. The molecule has 0 aliphatic heterocycles. The SMILES string of the molecule is Cc1nn(-c2cc(SOO[O-])ccc2S(=O)(=O)[O-])c(N)c1N=Nc1ccc(C#N)c(C#N)c1.[Na+].[Na+].[Y]. The van der Waals surface area contributed by atoms with E-state index in [0.29, 0.717) is 12.0 Å². The molecule has 13 nitrogen and oxygen atoms in total. The fraction of sp³-hybridized carbons (Fsp3) is 0.0556. The van der Waals surface area contributed by atoms with Gasteiger partial charge in [-0.05, 0) is 43.3 Å². The first-order valence-corrected chi connectivity index (χ1v) is 10.8. The van der Waals surface area contributed by atoms with Crippen LogP contribution in [0.2, 0.25) is 0 Å². The van der Waals surface area contributed by atoms with E-state index in [9.17, 15) is 18.2 Å². The van der Waals surface area contributed by atoms with Gasteiger partial charge in [-0.25, -0.2) is 13.1 Å². The van der Waals surface area contributed by atoms with Gasteiger partial charge in [0.2, 0.25) is 0 Å². The minimum absolute atomic E-state index is 0. The fourth-order valence-electron chi connectivity index (χ4n) is 2.72. The number of hydrogen-bond donors (Lipinski definition) is 1. The van der Waals surface area contributed by atoms with Crippen LogP contribution in [-0.2, 0) is 52.2 Å². The minimum Gasteiger partial charge on any atom is -0.744 e. The Kier molecular flexibility index (Phi) is 15.3. The molecular weight excluding hydrogens is 609 g/mol. The Morgan fingerprint density at radius 1 is 1.11 bits per heavy atom. The molecule has 1 radical (unpaired) electrons. The van der Waals surface area contributed by atoms with Gasteiger partial charge in [0.1, 0.15) is 22.3 Å². The quantitative estimate of drug-likeness (QED) is 0.0672. The molecule has 18 heteroatoms. The van der Waals surface area contributed by atoms with Gasteiger partial charge in [-0.1, -0.05) is 0 Å². The Morgan fingerprint density at radius 2 is 1.78 bits per heavy atom. The maximum absolute atomic E-state index is 11.7. The molecule has 36 heavy (non-hydrogen) atoms. The largest absolute Gasteiger partial charge is 1.00 e. The first-order chi connectivity index (χ1) is 15.7. The van der Waals surface area contributed by atoms with Crippen molar-refractivity contribution < 1.29 is 119 Å². The molecule has 3 aromatic rings. The van der Waals surface area contributed by atoms with E-state index in [-0.39, 0.29) is 136 Å². The first kappa shape index (κ1) is 35.3. The zero-order valence-corrected chi connectivity index (χ0v) is 27.5. The van der Waals surface area contributed by atoms with Gasteiger partial charge in [0, 0.05) is 37.6 Å². The summed E-state index contributed by atoms with van der Waals surface area (Å²) in [6.45, 7) is 1.53. The number of nitriles is 2. The van der Waals surface area contributed by atoms with Crippen LogP contribution in [0, 0.1) is 29.6 Å². The van der Waals surface area contributed by atoms with E-state index >= 15 is 0 Å². The van der Waals surface area contributed by atoms with Gasteiger partial charge in [0.25, 0.3) is 0 Å². The second-order valence-corrected chi connectivity index (χ2v) is 8.31. The van der Waals surface area contributed by atoms with Crippen LogP contribution in [0.15, 0.2) is 56.4 Å². The summed E-state index contributed by atoms with van der Waals surface area (Å²) in [5.41, 5.74) is 6.76. The van der Waals surface area contributed by atoms with Crippen LogP contribution in [0.3, 0.4) is 0 Å². The number of benzene rings is 2. The van der Waals surface area contributed by atoms with Crippen molar-refractivity contribution in [1.29, 1.82) is 10.5 Å². The van der Waals surface area contributed by atoms with E-state index in [1.54, 1.807) is 0 Å². The summed E-state index contributed by atoms with van der Waals surface area (Å²) < 4.78 is 40.4. The van der Waals surface area contributed by atoms with Gasteiger partial charge in [-0.15, -0.1) is 5.11 Å². The van der Waals surface area contributed by atoms with Crippen molar-refractivity contribution in [3.8, 4) is 17.8 Å². The molecule has 0 fully saturated rings. The third kappa shape index (κ3) is 8.39. The Morgan fingerprint density at radius 3 is 2.36 bits per heavy atom. The summed E-state index contributed by atoms with van der Waals surface area (Å²) in [6, 6.07) is 11.4. The van der Waals surface area contributed by atoms with E-state index in [4.69, 9.17) is 16.3 Å². The molecule has 0 aliphatic rings. The molecule has 1 aromatic heterocycles. The summed E-state index contributed by atoms with van der Waals surface area (Å²) in [5, 5.41) is 43.6. The second-order valence-electron chi connectivity index (χ2n) is 6.19. The number of nitrogens with two attached hydrogens (primary N) is 1. The number of nitrogen functional groups attached to an aromatic ring is 1. The van der Waals surface area contributed by atoms with Gasteiger partial charge >= 0.3 is 59.1 Å². The smallest absolute Gasteiger partial charge is 0.744 e. The summed E-state index contributed by atoms with van der Waals surface area (Å²) in [7, 11) is -4.93. The topological polar surface area (TPSA) is 215 Å². The fourth-order valence-corrected chi connectivity index (χ4v) is 3.74. The number of rotatable bonds is 7. The molecule has 0 unspecified atom stereocenters. The number of aryl methyl sites for hydroxylation is 1. The predicted octanol–water partition coefficient (Wildman–Crippen LogP) is -3.94. The predicted molar refractivity (Wildman–Crippen MR) is 109 cm³/mol. The number of anilines is 1. The van der Waals surface area contributed by atoms with E-state index in [1.807, 2.05) is 12.1 Å². The van der Waals surface area contributed by atoms with Gasteiger partial charge in [0.15, 0.2) is 11.5 Å². The molecule has 0 atom stereocenters. The zero-order chi connectivity index (χ0) is 24.2. The molecule has 2 N–H and O–H groups in total. The number of nitrogens with zero attached hydrogens (tertiary/aromatic N) is 6. The van der Waals surface area contributed by atoms with E-state index in [2.05, 4.69) is 24.7 Å². The third-order valence-electron chi connectivity index (χ3n) is 4.16. The molecular formula is C18H11N7Na2O6S2Y. The van der Waals surface area contributed by atoms with Crippen molar-refractivity contribution in [3.63, 3.8) is 0 Å². The summed E-state index contributed by atoms with van der Waals surface area (Å²) >= 11 is 0.475. The number of azo groups is 1. The van der Waals surface area contributed by atoms with Crippen LogP contribution < -0.4 is 70.1 Å². The summed E-state index contributed by atoms with van der Waals surface area (Å²) in [4.78, 5) is -0.413. The van der Waals surface area contributed by atoms with Crippen LogP contribution in [0.4, 0.5) is 17.2 Å². The van der Waals surface area contributed by atoms with Crippen molar-refractivity contribution in [2.75, 3.05) is 5.73 Å². The van der Waals surface area contributed by atoms with Crippen molar-refractivity contribution in [2.45, 2.75) is 16.7 Å². The Hall–Kier alpha value is -0.726. The summed E-state index contributed by atoms with van der Waals surface area (Å²) in [5.74, 6) is -0.140. The molecule has 0 bridgehead atoms. The van der Waals surface area contributed by atoms with Gasteiger partial charge < -0.3 is 15.5 Å². The molecule has 0 saturated heterocycles. The van der Waals surface area contributed by atoms with E-state index < -0.39 is 15.0 Å². The monoisotopic (exact) mass is 620 g/mol. The van der Waals surface area contributed by atoms with Gasteiger partial charge in [-0.2, -0.15) is 25.1 Å². The molecule has 0 amide bonds. The van der Waals surface area contributed by atoms with E-state index in [1.165, 1.54) is 37.3 Å². The standard InChI is InChI=1S/C18H13N7O6S2.2Na.Y/c1-10-17(23-22-13-3-2-11(8-19)12(6-13)9-20)18(21)25(24-10)15-7-14(32-31-30-26)4-5-16(15)33(27,28)29;;;/h2-7,26H,21H2,1H3,(H,27,28,29);;;/q;2*+1;/p-2. The molecule has 3 rings (SSSR count). The number of hydrogen-bond acceptors (Lipinski definition) is 13. The molecule has 0 aliphatic carbocycles. The third-order valence-corrected chi connectivity index (χ3v) is 5.61. The number of aromatic nitrogens is 2. The van der Waals surface area contributed by atoms with Crippen molar-refractivity contribution >= 4 is 39.4 Å². The molecule has 0 saturated carbocycles. The van der Waals surface area contributed by atoms with Crippen molar-refractivity contribution in [3.05, 3.63) is 53.2 Å². The van der Waals surface area contributed by atoms with Crippen LogP contribution in [0.5, 0.6) is 0 Å². The first-order valence-electron chi connectivity index (χ1n) is 8.64. The van der Waals surface area contributed by atoms with Crippen LogP contribution in [0.25, 0.3) is 5.69 Å². The Bertz CT molecular complexity index is 1460. The average molecular weight is 620 g/mol. The zero-order valence-electron chi connectivity index (χ0n) is 19.1. The van der Waals surface area contributed by atoms with Crippen LogP contribution in [-0.4, -0.2) is 22.8 Å². The van der Waals surface area contributed by atoms with Gasteiger partial charge in [0.05, 0.1) is 45.1 Å². The Balaban J connectivity index is 0.00000408. The Labute approximate surface area is 279 Å².